The van der Waals surface area contributed by atoms with Gasteiger partial charge in [-0.05, 0) is 60.4 Å². The highest BCUT2D eigenvalue weighted by Gasteiger charge is 2.25. The molecule has 0 aromatic heterocycles. The number of rotatable bonds is 6. The van der Waals surface area contributed by atoms with Crippen LogP contribution in [0.3, 0.4) is 0 Å². The molecule has 0 radical (unpaired) electrons. The van der Waals surface area contributed by atoms with Crippen LogP contribution in [0.25, 0.3) is 11.1 Å². The molecule has 0 fully saturated rings. The second kappa shape index (κ2) is 10.5. The zero-order valence-electron chi connectivity index (χ0n) is 19.9. The molecule has 1 amide bonds. The van der Waals surface area contributed by atoms with Crippen molar-refractivity contribution < 1.29 is 4.79 Å². The van der Waals surface area contributed by atoms with Gasteiger partial charge >= 0.3 is 0 Å². The lowest BCUT2D eigenvalue weighted by Gasteiger charge is -2.29. The summed E-state index contributed by atoms with van der Waals surface area (Å²) in [5, 5.41) is 0. The minimum atomic E-state index is 0.137. The molecule has 1 heterocycles. The fourth-order valence-corrected chi connectivity index (χ4v) is 4.76. The van der Waals surface area contributed by atoms with E-state index < -0.39 is 0 Å². The molecule has 3 aromatic rings. The van der Waals surface area contributed by atoms with E-state index in [1.165, 1.54) is 22.3 Å². The van der Waals surface area contributed by atoms with Crippen LogP contribution in [0.5, 0.6) is 0 Å². The number of nitrogens with zero attached hydrogens (tertiary/aromatic N) is 1. The molecular formula is C31H33NO. The largest absolute Gasteiger partial charge is 0.335 e. The van der Waals surface area contributed by atoms with E-state index in [0.717, 1.165) is 36.1 Å². The van der Waals surface area contributed by atoms with Gasteiger partial charge in [-0.1, -0.05) is 104 Å². The van der Waals surface area contributed by atoms with Crippen LogP contribution >= 0.6 is 0 Å². The first-order valence-corrected chi connectivity index (χ1v) is 11.9. The molecular weight excluding hydrogens is 402 g/mol. The zero-order chi connectivity index (χ0) is 23.2. The maximum atomic E-state index is 13.8. The Bertz CT molecular complexity index is 1150. The van der Waals surface area contributed by atoms with Crippen molar-refractivity contribution in [2.45, 2.75) is 39.5 Å². The van der Waals surface area contributed by atoms with E-state index in [2.05, 4.69) is 99.6 Å². The number of hydrogen-bond acceptors (Lipinski definition) is 1. The number of carbonyl (C=O) groups is 1. The number of benzene rings is 3. The Labute approximate surface area is 198 Å². The second-order valence-corrected chi connectivity index (χ2v) is 9.15. The van der Waals surface area contributed by atoms with Crippen LogP contribution in [0.15, 0.2) is 96.6 Å². The molecule has 1 atom stereocenters. The zero-order valence-corrected chi connectivity index (χ0v) is 19.9. The SMILES string of the molecule is CC(C)=C(C(=O)N1CC=C(c2ccccc2)CC1)c1ccccc1C(C)Cc1ccccc1. The number of carbonyl (C=O) groups excluding carboxylic acids is 1. The van der Waals surface area contributed by atoms with Crippen molar-refractivity contribution in [2.24, 2.45) is 0 Å². The van der Waals surface area contributed by atoms with Crippen molar-refractivity contribution in [1.29, 1.82) is 0 Å². The molecule has 0 saturated carbocycles. The molecule has 4 rings (SSSR count). The fourth-order valence-electron chi connectivity index (χ4n) is 4.76. The minimum absolute atomic E-state index is 0.137. The maximum Gasteiger partial charge on any atom is 0.254 e. The lowest BCUT2D eigenvalue weighted by molar-refractivity contribution is -0.124. The van der Waals surface area contributed by atoms with Crippen LogP contribution in [-0.2, 0) is 11.2 Å². The summed E-state index contributed by atoms with van der Waals surface area (Å²) in [6.45, 7) is 7.77. The van der Waals surface area contributed by atoms with E-state index in [9.17, 15) is 4.79 Å². The van der Waals surface area contributed by atoms with Crippen molar-refractivity contribution >= 4 is 17.1 Å². The van der Waals surface area contributed by atoms with Crippen LogP contribution in [0.2, 0.25) is 0 Å². The van der Waals surface area contributed by atoms with Gasteiger partial charge in [0.15, 0.2) is 0 Å². The highest BCUT2D eigenvalue weighted by molar-refractivity contribution is 6.20. The Morgan fingerprint density at radius 3 is 2.15 bits per heavy atom. The number of hydrogen-bond donors (Lipinski definition) is 0. The third kappa shape index (κ3) is 5.34. The van der Waals surface area contributed by atoms with E-state index >= 15 is 0 Å². The molecule has 3 aromatic carbocycles. The minimum Gasteiger partial charge on any atom is -0.335 e. The smallest absolute Gasteiger partial charge is 0.254 e. The summed E-state index contributed by atoms with van der Waals surface area (Å²) in [4.78, 5) is 15.7. The first-order valence-electron chi connectivity index (χ1n) is 11.9. The van der Waals surface area contributed by atoms with Gasteiger partial charge < -0.3 is 4.90 Å². The Morgan fingerprint density at radius 2 is 1.52 bits per heavy atom. The van der Waals surface area contributed by atoms with Gasteiger partial charge in [0.25, 0.3) is 5.91 Å². The standard InChI is InChI=1S/C31H33NO/c1-23(2)30(31(33)32-20-18-27(19-21-32)26-14-8-5-9-15-26)29-17-11-10-16-28(29)24(3)22-25-12-6-4-7-13-25/h4-18,24H,19-22H2,1-3H3. The van der Waals surface area contributed by atoms with Crippen LogP contribution in [0.1, 0.15) is 55.4 Å². The van der Waals surface area contributed by atoms with Gasteiger partial charge in [-0.3, -0.25) is 4.79 Å². The molecule has 2 nitrogen and oxygen atoms in total. The van der Waals surface area contributed by atoms with Gasteiger partial charge in [0, 0.05) is 18.7 Å². The van der Waals surface area contributed by atoms with Gasteiger partial charge in [-0.15, -0.1) is 0 Å². The molecule has 168 valence electrons. The van der Waals surface area contributed by atoms with Crippen LogP contribution < -0.4 is 0 Å². The van der Waals surface area contributed by atoms with E-state index in [1.807, 2.05) is 17.0 Å². The summed E-state index contributed by atoms with van der Waals surface area (Å²) in [5.41, 5.74) is 8.13. The number of allylic oxidation sites excluding steroid dienone is 1. The Balaban J connectivity index is 1.58. The molecule has 1 aliphatic rings. The van der Waals surface area contributed by atoms with E-state index in [1.54, 1.807) is 0 Å². The summed E-state index contributed by atoms with van der Waals surface area (Å²) in [6, 6.07) is 29.5. The van der Waals surface area contributed by atoms with Crippen molar-refractivity contribution in [3.8, 4) is 0 Å². The van der Waals surface area contributed by atoms with Crippen molar-refractivity contribution in [3.63, 3.8) is 0 Å². The van der Waals surface area contributed by atoms with Gasteiger partial charge in [-0.2, -0.15) is 0 Å². The average molecular weight is 436 g/mol. The fraction of sp³-hybridized carbons (Fsp3) is 0.258. The van der Waals surface area contributed by atoms with Gasteiger partial charge in [0.1, 0.15) is 0 Å². The van der Waals surface area contributed by atoms with E-state index in [-0.39, 0.29) is 5.91 Å². The summed E-state index contributed by atoms with van der Waals surface area (Å²) in [6.07, 6.45) is 4.05. The molecule has 0 bridgehead atoms. The quantitative estimate of drug-likeness (QED) is 0.377. The summed E-state index contributed by atoms with van der Waals surface area (Å²) < 4.78 is 0. The summed E-state index contributed by atoms with van der Waals surface area (Å²) in [7, 11) is 0. The highest BCUT2D eigenvalue weighted by Crippen LogP contribution is 2.32. The molecule has 1 aliphatic heterocycles. The maximum absolute atomic E-state index is 13.8. The first-order chi connectivity index (χ1) is 16.0. The molecule has 0 aliphatic carbocycles. The topological polar surface area (TPSA) is 20.3 Å². The van der Waals surface area contributed by atoms with Gasteiger partial charge in [0.2, 0.25) is 0 Å². The first kappa shape index (κ1) is 22.8. The van der Waals surface area contributed by atoms with Gasteiger partial charge in [-0.25, -0.2) is 0 Å². The summed E-state index contributed by atoms with van der Waals surface area (Å²) in [5.74, 6) is 0.453. The van der Waals surface area contributed by atoms with Crippen LogP contribution in [0.4, 0.5) is 0 Å². The van der Waals surface area contributed by atoms with Crippen molar-refractivity contribution in [2.75, 3.05) is 13.1 Å². The summed E-state index contributed by atoms with van der Waals surface area (Å²) >= 11 is 0. The predicted molar refractivity (Wildman–Crippen MR) is 139 cm³/mol. The Morgan fingerprint density at radius 1 is 0.879 bits per heavy atom. The molecule has 0 N–H and O–H groups in total. The predicted octanol–water partition coefficient (Wildman–Crippen LogP) is 7.14. The van der Waals surface area contributed by atoms with Crippen LogP contribution in [0, 0.1) is 0 Å². The Kier molecular flexibility index (Phi) is 7.24. The molecule has 0 spiro atoms. The molecule has 1 unspecified atom stereocenters. The normalized spacial score (nSPS) is 14.4. The van der Waals surface area contributed by atoms with Crippen molar-refractivity contribution in [3.05, 3.63) is 119 Å². The van der Waals surface area contributed by atoms with E-state index in [4.69, 9.17) is 0 Å². The molecule has 2 heteroatoms. The lowest BCUT2D eigenvalue weighted by atomic mass is 9.86. The van der Waals surface area contributed by atoms with Gasteiger partial charge in [0.05, 0.1) is 0 Å². The van der Waals surface area contributed by atoms with Crippen LogP contribution in [-0.4, -0.2) is 23.9 Å². The second-order valence-electron chi connectivity index (χ2n) is 9.15. The third-order valence-corrected chi connectivity index (χ3v) is 6.50. The number of amides is 1. The third-order valence-electron chi connectivity index (χ3n) is 6.50. The van der Waals surface area contributed by atoms with Crippen molar-refractivity contribution in [1.82, 2.24) is 4.90 Å². The highest BCUT2D eigenvalue weighted by atomic mass is 16.2. The average Bonchev–Trinajstić information content (AvgIpc) is 2.85. The van der Waals surface area contributed by atoms with E-state index in [0.29, 0.717) is 12.5 Å². The lowest BCUT2D eigenvalue weighted by Crippen LogP contribution is -2.35. The molecule has 33 heavy (non-hydrogen) atoms. The monoisotopic (exact) mass is 435 g/mol. The Hall–Kier alpha value is -3.39. The molecule has 0 saturated heterocycles.